The predicted octanol–water partition coefficient (Wildman–Crippen LogP) is 2.34. The molecule has 19 heavy (non-hydrogen) atoms. The van der Waals surface area contributed by atoms with Gasteiger partial charge in [-0.3, -0.25) is 4.99 Å². The van der Waals surface area contributed by atoms with Crippen molar-refractivity contribution in [3.05, 3.63) is 0 Å². The third-order valence-corrected chi connectivity index (χ3v) is 3.96. The predicted molar refractivity (Wildman–Crippen MR) is 95.9 cm³/mol. The fourth-order valence-electron chi connectivity index (χ4n) is 1.46. The summed E-state index contributed by atoms with van der Waals surface area (Å²) in [5, 5.41) is 7.22. The van der Waals surface area contributed by atoms with Crippen molar-refractivity contribution < 1.29 is 4.74 Å². The molecule has 0 spiro atoms. The first-order valence-electron chi connectivity index (χ1n) is 6.81. The van der Waals surface area contributed by atoms with E-state index >= 15 is 0 Å². The first-order chi connectivity index (χ1) is 8.76. The Bertz CT molecular complexity index is 250. The highest BCUT2D eigenvalue weighted by Gasteiger charge is 2.20. The maximum Gasteiger partial charge on any atom is 0.191 e. The van der Waals surface area contributed by atoms with E-state index in [0.29, 0.717) is 5.25 Å². The zero-order chi connectivity index (χ0) is 13.2. The Morgan fingerprint density at radius 1 is 1.42 bits per heavy atom. The largest absolute Gasteiger partial charge is 0.381 e. The number of hydrogen-bond donors (Lipinski definition) is 2. The smallest absolute Gasteiger partial charge is 0.191 e. The van der Waals surface area contributed by atoms with Crippen LogP contribution >= 0.6 is 35.7 Å². The van der Waals surface area contributed by atoms with Crippen LogP contribution in [0, 0.1) is 5.92 Å². The van der Waals surface area contributed by atoms with Crippen LogP contribution in [0.4, 0.5) is 0 Å². The zero-order valence-corrected chi connectivity index (χ0v) is 15.4. The number of thioether (sulfide) groups is 1. The molecular formula is C13H28IN3OS. The van der Waals surface area contributed by atoms with Gasteiger partial charge in [-0.15, -0.1) is 24.0 Å². The van der Waals surface area contributed by atoms with Crippen molar-refractivity contribution >= 4 is 41.7 Å². The van der Waals surface area contributed by atoms with E-state index in [1.54, 1.807) is 0 Å². The third-order valence-electron chi connectivity index (χ3n) is 2.99. The Morgan fingerprint density at radius 3 is 2.74 bits per heavy atom. The minimum atomic E-state index is 0. The second kappa shape index (κ2) is 12.1. The molecule has 0 aliphatic heterocycles. The Morgan fingerprint density at radius 2 is 2.16 bits per heavy atom. The van der Waals surface area contributed by atoms with E-state index in [-0.39, 0.29) is 24.0 Å². The Kier molecular flexibility index (Phi) is 12.3. The van der Waals surface area contributed by atoms with Crippen molar-refractivity contribution in [3.63, 3.8) is 0 Å². The van der Waals surface area contributed by atoms with Gasteiger partial charge in [-0.05, 0) is 31.4 Å². The van der Waals surface area contributed by atoms with Gasteiger partial charge in [0, 0.05) is 38.6 Å². The fourth-order valence-corrected chi connectivity index (χ4v) is 1.71. The van der Waals surface area contributed by atoms with Gasteiger partial charge in [-0.1, -0.05) is 6.92 Å². The van der Waals surface area contributed by atoms with Gasteiger partial charge in [-0.2, -0.15) is 11.8 Å². The first-order valence-corrected chi connectivity index (χ1v) is 8.10. The molecule has 0 aromatic carbocycles. The highest BCUT2D eigenvalue weighted by atomic mass is 127. The lowest BCUT2D eigenvalue weighted by Gasteiger charge is -2.14. The highest BCUT2D eigenvalue weighted by molar-refractivity contribution is 14.0. The number of guanidine groups is 1. The Balaban J connectivity index is 0.00000324. The minimum Gasteiger partial charge on any atom is -0.381 e. The molecule has 0 radical (unpaired) electrons. The molecule has 1 fully saturated rings. The lowest BCUT2D eigenvalue weighted by molar-refractivity contribution is 0.123. The topological polar surface area (TPSA) is 45.7 Å². The summed E-state index contributed by atoms with van der Waals surface area (Å²) in [6.45, 7) is 5.87. The summed E-state index contributed by atoms with van der Waals surface area (Å²) in [5.41, 5.74) is 0. The summed E-state index contributed by atoms with van der Waals surface area (Å²) >= 11 is 1.86. The second-order valence-electron chi connectivity index (χ2n) is 4.80. The molecule has 4 nitrogen and oxygen atoms in total. The van der Waals surface area contributed by atoms with Gasteiger partial charge in [0.1, 0.15) is 0 Å². The van der Waals surface area contributed by atoms with E-state index < -0.39 is 0 Å². The van der Waals surface area contributed by atoms with E-state index in [2.05, 4.69) is 28.8 Å². The molecule has 1 atom stereocenters. The van der Waals surface area contributed by atoms with Gasteiger partial charge >= 0.3 is 0 Å². The van der Waals surface area contributed by atoms with E-state index in [1.807, 2.05) is 18.8 Å². The van der Waals surface area contributed by atoms with Gasteiger partial charge in [0.15, 0.2) is 5.96 Å². The summed E-state index contributed by atoms with van der Waals surface area (Å²) in [5.74, 6) is 1.75. The molecule has 0 aromatic rings. The number of ether oxygens (including phenoxy) is 1. The van der Waals surface area contributed by atoms with Crippen LogP contribution in [0.3, 0.4) is 0 Å². The minimum absolute atomic E-state index is 0. The molecule has 0 aromatic heterocycles. The highest BCUT2D eigenvalue weighted by Crippen LogP contribution is 2.28. The fraction of sp³-hybridized carbons (Fsp3) is 0.923. The third kappa shape index (κ3) is 10.7. The van der Waals surface area contributed by atoms with E-state index in [4.69, 9.17) is 4.74 Å². The van der Waals surface area contributed by atoms with Crippen LogP contribution in [0.5, 0.6) is 0 Å². The molecule has 6 heteroatoms. The van der Waals surface area contributed by atoms with E-state index in [9.17, 15) is 0 Å². The van der Waals surface area contributed by atoms with E-state index in [0.717, 1.165) is 44.6 Å². The van der Waals surface area contributed by atoms with Gasteiger partial charge in [-0.25, -0.2) is 0 Å². The maximum atomic E-state index is 5.59. The summed E-state index contributed by atoms with van der Waals surface area (Å²) in [4.78, 5) is 4.19. The molecule has 0 amide bonds. The van der Waals surface area contributed by atoms with Crippen LogP contribution in [-0.4, -0.2) is 50.8 Å². The SMILES string of the molecule is CN=C(NCCCOCC1CC1)NCC(C)SC.I. The average molecular weight is 401 g/mol. The van der Waals surface area contributed by atoms with Crippen molar-refractivity contribution in [2.24, 2.45) is 10.9 Å². The second-order valence-corrected chi connectivity index (χ2v) is 6.07. The van der Waals surface area contributed by atoms with Crippen LogP contribution < -0.4 is 10.6 Å². The quantitative estimate of drug-likeness (QED) is 0.270. The number of nitrogens with one attached hydrogen (secondary N) is 2. The molecule has 1 aliphatic rings. The lowest BCUT2D eigenvalue weighted by Crippen LogP contribution is -2.40. The summed E-state index contributed by atoms with van der Waals surface area (Å²) in [6.07, 6.45) is 5.89. The molecule has 0 saturated heterocycles. The maximum absolute atomic E-state index is 5.59. The van der Waals surface area contributed by atoms with Crippen molar-refractivity contribution in [2.75, 3.05) is 39.6 Å². The van der Waals surface area contributed by atoms with Crippen LogP contribution in [-0.2, 0) is 4.74 Å². The molecule has 0 bridgehead atoms. The molecule has 1 saturated carbocycles. The van der Waals surface area contributed by atoms with Gasteiger partial charge in [0.05, 0.1) is 0 Å². The van der Waals surface area contributed by atoms with Gasteiger partial charge < -0.3 is 15.4 Å². The number of halogens is 1. The van der Waals surface area contributed by atoms with Gasteiger partial charge in [0.2, 0.25) is 0 Å². The number of nitrogens with zero attached hydrogens (tertiary/aromatic N) is 1. The van der Waals surface area contributed by atoms with Crippen LogP contribution in [0.25, 0.3) is 0 Å². The van der Waals surface area contributed by atoms with Crippen molar-refractivity contribution in [2.45, 2.75) is 31.4 Å². The lowest BCUT2D eigenvalue weighted by atomic mass is 10.4. The molecule has 2 N–H and O–H groups in total. The standard InChI is InChI=1S/C13H27N3OS.HI/c1-11(18-3)9-16-13(14-2)15-7-4-8-17-10-12-5-6-12;/h11-12H,4-10H2,1-3H3,(H2,14,15,16);1H. The summed E-state index contributed by atoms with van der Waals surface area (Å²) in [7, 11) is 1.81. The molecule has 1 aliphatic carbocycles. The van der Waals surface area contributed by atoms with Crippen LogP contribution in [0.2, 0.25) is 0 Å². The number of rotatable bonds is 9. The van der Waals surface area contributed by atoms with E-state index in [1.165, 1.54) is 12.8 Å². The number of aliphatic imine (C=N–C) groups is 1. The Labute approximate surface area is 138 Å². The van der Waals surface area contributed by atoms with Crippen LogP contribution in [0.15, 0.2) is 4.99 Å². The average Bonchev–Trinajstić information content (AvgIpc) is 3.20. The molecule has 1 unspecified atom stereocenters. The van der Waals surface area contributed by atoms with Crippen LogP contribution in [0.1, 0.15) is 26.2 Å². The Hall–Kier alpha value is 0.310. The molecule has 1 rings (SSSR count). The van der Waals surface area contributed by atoms with Crippen molar-refractivity contribution in [3.8, 4) is 0 Å². The number of hydrogen-bond acceptors (Lipinski definition) is 3. The monoisotopic (exact) mass is 401 g/mol. The molecule has 114 valence electrons. The van der Waals surface area contributed by atoms with Crippen molar-refractivity contribution in [1.82, 2.24) is 10.6 Å². The molecular weight excluding hydrogens is 373 g/mol. The summed E-state index contributed by atoms with van der Waals surface area (Å²) in [6, 6.07) is 0. The van der Waals surface area contributed by atoms with Gasteiger partial charge in [0.25, 0.3) is 0 Å². The normalized spacial score (nSPS) is 16.7. The molecule has 0 heterocycles. The van der Waals surface area contributed by atoms with Crippen molar-refractivity contribution in [1.29, 1.82) is 0 Å². The zero-order valence-electron chi connectivity index (χ0n) is 12.3. The summed E-state index contributed by atoms with van der Waals surface area (Å²) < 4.78 is 5.59. The first kappa shape index (κ1) is 19.3.